The highest BCUT2D eigenvalue weighted by Gasteiger charge is 2.33. The molecule has 1 aliphatic heterocycles. The van der Waals surface area contributed by atoms with E-state index in [1.54, 1.807) is 6.92 Å². The fourth-order valence-corrected chi connectivity index (χ4v) is 3.68. The van der Waals surface area contributed by atoms with Crippen LogP contribution in [-0.2, 0) is 21.4 Å². The number of hydrogen-bond donors (Lipinski definition) is 2. The maximum Gasteiger partial charge on any atom is 0.325 e. The number of aliphatic carboxylic acids is 1. The van der Waals surface area contributed by atoms with E-state index >= 15 is 0 Å². The molecule has 2 N–H and O–H groups in total. The van der Waals surface area contributed by atoms with E-state index < -0.39 is 22.1 Å². The van der Waals surface area contributed by atoms with E-state index in [0.29, 0.717) is 6.42 Å². The molecular weight excluding hydrogens is 286 g/mol. The van der Waals surface area contributed by atoms with Gasteiger partial charge in [-0.2, -0.15) is 9.40 Å². The van der Waals surface area contributed by atoms with E-state index in [-0.39, 0.29) is 30.4 Å². The molecule has 2 heterocycles. The second kappa shape index (κ2) is 5.51. The average Bonchev–Trinajstić information content (AvgIpc) is 2.80. The lowest BCUT2D eigenvalue weighted by Crippen LogP contribution is -2.44. The zero-order valence-electron chi connectivity index (χ0n) is 11.0. The summed E-state index contributed by atoms with van der Waals surface area (Å²) in [6.45, 7) is 1.90. The third-order valence-corrected chi connectivity index (χ3v) is 5.19. The van der Waals surface area contributed by atoms with Crippen LogP contribution in [-0.4, -0.2) is 57.9 Å². The lowest BCUT2D eigenvalue weighted by atomic mass is 9.99. The van der Waals surface area contributed by atoms with Gasteiger partial charge < -0.3 is 10.2 Å². The van der Waals surface area contributed by atoms with Crippen molar-refractivity contribution in [3.05, 3.63) is 12.4 Å². The van der Waals surface area contributed by atoms with Gasteiger partial charge in [0.15, 0.2) is 0 Å². The van der Waals surface area contributed by atoms with E-state index in [1.165, 1.54) is 10.5 Å². The number of aromatic nitrogens is 2. The molecule has 0 saturated carbocycles. The molecule has 1 aromatic heterocycles. The Labute approximate surface area is 116 Å². The van der Waals surface area contributed by atoms with Crippen molar-refractivity contribution < 1.29 is 23.4 Å². The van der Waals surface area contributed by atoms with Gasteiger partial charge in [-0.3, -0.25) is 9.48 Å². The molecule has 112 valence electrons. The van der Waals surface area contributed by atoms with Crippen LogP contribution in [0.4, 0.5) is 0 Å². The number of hydrogen-bond acceptors (Lipinski definition) is 5. The molecule has 1 saturated heterocycles. The first-order chi connectivity index (χ1) is 9.30. The van der Waals surface area contributed by atoms with Crippen LogP contribution in [0.2, 0.25) is 0 Å². The molecule has 20 heavy (non-hydrogen) atoms. The SMILES string of the molecule is CC1CN(S(=O)(=O)c2cnn(CC(=O)O)c2)CCC1O. The van der Waals surface area contributed by atoms with Gasteiger partial charge in [0.25, 0.3) is 0 Å². The molecule has 2 atom stereocenters. The molecule has 9 heteroatoms. The Morgan fingerprint density at radius 2 is 2.25 bits per heavy atom. The second-order valence-corrected chi connectivity index (χ2v) is 6.90. The molecule has 1 aliphatic rings. The minimum absolute atomic E-state index is 0.0256. The first-order valence-electron chi connectivity index (χ1n) is 6.23. The molecule has 2 unspecified atom stereocenters. The van der Waals surface area contributed by atoms with Crippen molar-refractivity contribution in [1.82, 2.24) is 14.1 Å². The van der Waals surface area contributed by atoms with Crippen LogP contribution in [0.5, 0.6) is 0 Å². The van der Waals surface area contributed by atoms with Crippen molar-refractivity contribution in [2.45, 2.75) is 30.9 Å². The standard InChI is InChI=1S/C11H17N3O5S/c1-8-5-14(3-2-10(8)15)20(18,19)9-4-12-13(6-9)7-11(16)17/h4,6,8,10,15H,2-3,5,7H2,1H3,(H,16,17). The molecule has 8 nitrogen and oxygen atoms in total. The summed E-state index contributed by atoms with van der Waals surface area (Å²) in [7, 11) is -3.69. The summed E-state index contributed by atoms with van der Waals surface area (Å²) in [5.74, 6) is -1.22. The smallest absolute Gasteiger partial charge is 0.325 e. The monoisotopic (exact) mass is 303 g/mol. The number of rotatable bonds is 4. The number of carbonyl (C=O) groups is 1. The van der Waals surface area contributed by atoms with Crippen LogP contribution in [0.25, 0.3) is 0 Å². The van der Waals surface area contributed by atoms with Crippen molar-refractivity contribution in [2.75, 3.05) is 13.1 Å². The Hall–Kier alpha value is -1.45. The van der Waals surface area contributed by atoms with E-state index in [4.69, 9.17) is 5.11 Å². The van der Waals surface area contributed by atoms with Crippen LogP contribution in [0, 0.1) is 5.92 Å². The van der Waals surface area contributed by atoms with Gasteiger partial charge >= 0.3 is 5.97 Å². The topological polar surface area (TPSA) is 113 Å². The lowest BCUT2D eigenvalue weighted by molar-refractivity contribution is -0.137. The fraction of sp³-hybridized carbons (Fsp3) is 0.636. The van der Waals surface area contributed by atoms with E-state index in [2.05, 4.69) is 5.10 Å². The van der Waals surface area contributed by atoms with Gasteiger partial charge in [-0.25, -0.2) is 8.42 Å². The zero-order chi connectivity index (χ0) is 14.9. The van der Waals surface area contributed by atoms with Gasteiger partial charge in [-0.05, 0) is 12.3 Å². The average molecular weight is 303 g/mol. The quantitative estimate of drug-likeness (QED) is 0.765. The van der Waals surface area contributed by atoms with E-state index in [9.17, 15) is 18.3 Å². The predicted molar refractivity (Wildman–Crippen MR) is 68.4 cm³/mol. The summed E-state index contributed by atoms with van der Waals surface area (Å²) in [6, 6.07) is 0. The van der Waals surface area contributed by atoms with Crippen LogP contribution in [0.15, 0.2) is 17.3 Å². The van der Waals surface area contributed by atoms with Crippen molar-refractivity contribution in [3.8, 4) is 0 Å². The number of aliphatic hydroxyl groups is 1. The molecular formula is C11H17N3O5S. The third kappa shape index (κ3) is 3.00. The Balaban J connectivity index is 2.18. The summed E-state index contributed by atoms with van der Waals surface area (Å²) < 4.78 is 27.1. The van der Waals surface area contributed by atoms with Gasteiger partial charge in [0.05, 0.1) is 12.3 Å². The first-order valence-corrected chi connectivity index (χ1v) is 7.67. The summed E-state index contributed by atoms with van der Waals surface area (Å²) >= 11 is 0. The van der Waals surface area contributed by atoms with Gasteiger partial charge in [-0.15, -0.1) is 0 Å². The molecule has 0 amide bonds. The fourth-order valence-electron chi connectivity index (χ4n) is 2.17. The normalized spacial score (nSPS) is 24.7. The molecule has 1 fully saturated rings. The minimum atomic E-state index is -3.69. The van der Waals surface area contributed by atoms with Crippen molar-refractivity contribution in [2.24, 2.45) is 5.92 Å². The molecule has 0 aromatic carbocycles. The lowest BCUT2D eigenvalue weighted by Gasteiger charge is -2.33. The van der Waals surface area contributed by atoms with E-state index in [1.807, 2.05) is 0 Å². The summed E-state index contributed by atoms with van der Waals surface area (Å²) in [4.78, 5) is 10.5. The molecule has 0 radical (unpaired) electrons. The minimum Gasteiger partial charge on any atom is -0.480 e. The molecule has 0 aliphatic carbocycles. The van der Waals surface area contributed by atoms with Crippen molar-refractivity contribution in [1.29, 1.82) is 0 Å². The Morgan fingerprint density at radius 1 is 1.55 bits per heavy atom. The van der Waals surface area contributed by atoms with E-state index in [0.717, 1.165) is 10.9 Å². The van der Waals surface area contributed by atoms with Gasteiger partial charge in [0.2, 0.25) is 10.0 Å². The molecule has 2 rings (SSSR count). The second-order valence-electron chi connectivity index (χ2n) is 4.96. The molecule has 0 spiro atoms. The predicted octanol–water partition coefficient (Wildman–Crippen LogP) is -0.641. The van der Waals surface area contributed by atoms with Gasteiger partial charge in [-0.1, -0.05) is 6.92 Å². The number of sulfonamides is 1. The Morgan fingerprint density at radius 3 is 2.85 bits per heavy atom. The highest BCUT2D eigenvalue weighted by molar-refractivity contribution is 7.89. The number of carboxylic acids is 1. The number of aliphatic hydroxyl groups excluding tert-OH is 1. The van der Waals surface area contributed by atoms with Crippen LogP contribution < -0.4 is 0 Å². The zero-order valence-corrected chi connectivity index (χ0v) is 11.8. The largest absolute Gasteiger partial charge is 0.480 e. The number of piperidine rings is 1. The number of carboxylic acid groups (broad SMARTS) is 1. The van der Waals surface area contributed by atoms with Crippen LogP contribution >= 0.6 is 0 Å². The maximum absolute atomic E-state index is 12.4. The molecule has 0 bridgehead atoms. The highest BCUT2D eigenvalue weighted by atomic mass is 32.2. The number of nitrogens with zero attached hydrogens (tertiary/aromatic N) is 3. The first kappa shape index (κ1) is 14.9. The van der Waals surface area contributed by atoms with Crippen molar-refractivity contribution in [3.63, 3.8) is 0 Å². The van der Waals surface area contributed by atoms with Gasteiger partial charge in [0, 0.05) is 19.3 Å². The highest BCUT2D eigenvalue weighted by Crippen LogP contribution is 2.23. The molecule has 1 aromatic rings. The summed E-state index contributed by atoms with van der Waals surface area (Å²) in [5.41, 5.74) is 0. The van der Waals surface area contributed by atoms with Gasteiger partial charge in [0.1, 0.15) is 11.4 Å². The summed E-state index contributed by atoms with van der Waals surface area (Å²) in [6.07, 6.45) is 2.26. The Kier molecular flexibility index (Phi) is 4.11. The Bertz CT molecular complexity index is 597. The third-order valence-electron chi connectivity index (χ3n) is 3.37. The summed E-state index contributed by atoms with van der Waals surface area (Å²) in [5, 5.41) is 22.0. The van der Waals surface area contributed by atoms with Crippen LogP contribution in [0.1, 0.15) is 13.3 Å². The van der Waals surface area contributed by atoms with Crippen LogP contribution in [0.3, 0.4) is 0 Å². The van der Waals surface area contributed by atoms with Crippen molar-refractivity contribution >= 4 is 16.0 Å². The maximum atomic E-state index is 12.4.